The van der Waals surface area contributed by atoms with E-state index in [1.165, 1.54) is 24.3 Å². The van der Waals surface area contributed by atoms with Crippen molar-refractivity contribution < 1.29 is 17.6 Å². The molecule has 2 rings (SSSR count). The van der Waals surface area contributed by atoms with Crippen LogP contribution in [0.4, 0.5) is 17.6 Å². The van der Waals surface area contributed by atoms with Crippen LogP contribution >= 0.6 is 22.6 Å². The smallest absolute Gasteiger partial charge is 0.207 e. The van der Waals surface area contributed by atoms with E-state index in [2.05, 4.69) is 0 Å². The summed E-state index contributed by atoms with van der Waals surface area (Å²) in [5, 5.41) is 0. The monoisotopic (exact) mass is 366 g/mol. The van der Waals surface area contributed by atoms with Crippen molar-refractivity contribution in [1.82, 2.24) is 0 Å². The van der Waals surface area contributed by atoms with Gasteiger partial charge in [0.05, 0.1) is 5.56 Å². The largest absolute Gasteiger partial charge is 0.416 e. The minimum atomic E-state index is -4.40. The second-order valence-electron chi connectivity index (χ2n) is 3.70. The van der Waals surface area contributed by atoms with E-state index in [1.54, 1.807) is 6.07 Å². The van der Waals surface area contributed by atoms with Crippen molar-refractivity contribution in [3.8, 4) is 11.1 Å². The number of hydrogen-bond acceptors (Lipinski definition) is 0. The molecule has 0 unspecified atom stereocenters. The van der Waals surface area contributed by atoms with E-state index in [9.17, 15) is 17.6 Å². The van der Waals surface area contributed by atoms with Crippen LogP contribution in [0.5, 0.6) is 0 Å². The third-order valence-corrected chi connectivity index (χ3v) is 3.37. The van der Waals surface area contributed by atoms with Crippen LogP contribution in [0, 0.1) is 9.39 Å². The molecule has 5 heteroatoms. The summed E-state index contributed by atoms with van der Waals surface area (Å²) in [5.74, 6) is -0.472. The number of rotatable bonds is 1. The minimum Gasteiger partial charge on any atom is -0.207 e. The predicted molar refractivity (Wildman–Crippen MR) is 69.6 cm³/mol. The second-order valence-corrected chi connectivity index (χ2v) is 4.86. The highest BCUT2D eigenvalue weighted by molar-refractivity contribution is 14.1. The highest BCUT2D eigenvalue weighted by Crippen LogP contribution is 2.34. The number of alkyl halides is 3. The molecule has 0 radical (unpaired) electrons. The summed E-state index contributed by atoms with van der Waals surface area (Å²) in [6, 6.07) is 8.97. The van der Waals surface area contributed by atoms with Crippen molar-refractivity contribution in [2.75, 3.05) is 0 Å². The SMILES string of the molecule is Fc1cccc(-c2cc(C(F)(F)F)ccc2I)c1. The van der Waals surface area contributed by atoms with Crippen LogP contribution in [0.2, 0.25) is 0 Å². The Balaban J connectivity index is 2.57. The Morgan fingerprint density at radius 3 is 2.28 bits per heavy atom. The Kier molecular flexibility index (Phi) is 3.61. The van der Waals surface area contributed by atoms with E-state index >= 15 is 0 Å². The molecular formula is C13H7F4I. The highest BCUT2D eigenvalue weighted by atomic mass is 127. The zero-order chi connectivity index (χ0) is 13.3. The molecule has 0 aliphatic rings. The summed E-state index contributed by atoms with van der Waals surface area (Å²) in [5.41, 5.74) is 0.0811. The van der Waals surface area contributed by atoms with Crippen LogP contribution in [-0.4, -0.2) is 0 Å². The maximum absolute atomic E-state index is 13.1. The van der Waals surface area contributed by atoms with Crippen LogP contribution < -0.4 is 0 Å². The van der Waals surface area contributed by atoms with Gasteiger partial charge in [-0.2, -0.15) is 13.2 Å². The minimum absolute atomic E-state index is 0.380. The van der Waals surface area contributed by atoms with Crippen LogP contribution in [0.25, 0.3) is 11.1 Å². The van der Waals surface area contributed by atoms with E-state index in [1.807, 2.05) is 22.6 Å². The van der Waals surface area contributed by atoms with Gasteiger partial charge in [-0.1, -0.05) is 12.1 Å². The van der Waals surface area contributed by atoms with Crippen molar-refractivity contribution >= 4 is 22.6 Å². The first-order chi connectivity index (χ1) is 8.38. The topological polar surface area (TPSA) is 0 Å². The number of hydrogen-bond donors (Lipinski definition) is 0. The molecule has 0 aromatic heterocycles. The molecule has 2 aromatic rings. The fraction of sp³-hybridized carbons (Fsp3) is 0.0769. The zero-order valence-electron chi connectivity index (χ0n) is 8.93. The highest BCUT2D eigenvalue weighted by Gasteiger charge is 2.30. The molecule has 0 atom stereocenters. The molecule has 0 amide bonds. The first kappa shape index (κ1) is 13.3. The fourth-order valence-corrected chi connectivity index (χ4v) is 2.23. The van der Waals surface area contributed by atoms with Crippen LogP contribution in [-0.2, 0) is 6.18 Å². The maximum atomic E-state index is 13.1. The van der Waals surface area contributed by atoms with Crippen molar-refractivity contribution in [1.29, 1.82) is 0 Å². The molecule has 0 nitrogen and oxygen atoms in total. The Hall–Kier alpha value is -1.11. The van der Waals surface area contributed by atoms with Gasteiger partial charge in [-0.05, 0) is 64.0 Å². The Bertz CT molecular complexity index is 575. The summed E-state index contributed by atoms with van der Waals surface area (Å²) >= 11 is 1.93. The van der Waals surface area contributed by atoms with Crippen molar-refractivity contribution in [3.63, 3.8) is 0 Å². The maximum Gasteiger partial charge on any atom is 0.416 e. The van der Waals surface area contributed by atoms with Crippen LogP contribution in [0.15, 0.2) is 42.5 Å². The summed E-state index contributed by atoms with van der Waals surface area (Å²) in [6.45, 7) is 0. The summed E-state index contributed by atoms with van der Waals surface area (Å²) in [7, 11) is 0. The molecule has 0 fully saturated rings. The Labute approximate surface area is 115 Å². The number of halogens is 5. The van der Waals surface area contributed by atoms with Gasteiger partial charge in [0.2, 0.25) is 0 Å². The lowest BCUT2D eigenvalue weighted by molar-refractivity contribution is -0.137. The average Bonchev–Trinajstić information content (AvgIpc) is 2.28. The quantitative estimate of drug-likeness (QED) is 0.486. The fourth-order valence-electron chi connectivity index (χ4n) is 1.58. The molecule has 2 aromatic carbocycles. The first-order valence-electron chi connectivity index (χ1n) is 5.00. The number of benzene rings is 2. The van der Waals surface area contributed by atoms with Gasteiger partial charge in [-0.25, -0.2) is 4.39 Å². The van der Waals surface area contributed by atoms with Gasteiger partial charge in [0.25, 0.3) is 0 Å². The van der Waals surface area contributed by atoms with Gasteiger partial charge in [0.15, 0.2) is 0 Å². The van der Waals surface area contributed by atoms with Gasteiger partial charge in [0.1, 0.15) is 5.82 Å². The molecular weight excluding hydrogens is 359 g/mol. The summed E-state index contributed by atoms with van der Waals surface area (Å²) in [6.07, 6.45) is -4.40. The molecule has 0 aliphatic carbocycles. The van der Waals surface area contributed by atoms with Crippen molar-refractivity contribution in [2.24, 2.45) is 0 Å². The van der Waals surface area contributed by atoms with Crippen LogP contribution in [0.3, 0.4) is 0 Å². The molecule has 0 aliphatic heterocycles. The molecule has 0 saturated carbocycles. The Morgan fingerprint density at radius 2 is 1.67 bits per heavy atom. The van der Waals surface area contributed by atoms with Gasteiger partial charge >= 0.3 is 6.18 Å². The zero-order valence-corrected chi connectivity index (χ0v) is 11.1. The third kappa shape index (κ3) is 2.82. The average molecular weight is 366 g/mol. The molecule has 0 heterocycles. The molecule has 0 bridgehead atoms. The predicted octanol–water partition coefficient (Wildman–Crippen LogP) is 5.12. The summed E-state index contributed by atoms with van der Waals surface area (Å²) < 4.78 is 51.6. The molecule has 0 saturated heterocycles. The second kappa shape index (κ2) is 4.87. The first-order valence-corrected chi connectivity index (χ1v) is 6.08. The van der Waals surface area contributed by atoms with E-state index in [0.717, 1.165) is 12.1 Å². The van der Waals surface area contributed by atoms with Crippen LogP contribution in [0.1, 0.15) is 5.56 Å². The van der Waals surface area contributed by atoms with Gasteiger partial charge in [-0.3, -0.25) is 0 Å². The van der Waals surface area contributed by atoms with Crippen molar-refractivity contribution in [2.45, 2.75) is 6.18 Å². The molecule has 0 N–H and O–H groups in total. The lowest BCUT2D eigenvalue weighted by Crippen LogP contribution is -2.05. The third-order valence-electron chi connectivity index (χ3n) is 2.43. The lowest BCUT2D eigenvalue weighted by atomic mass is 10.0. The van der Waals surface area contributed by atoms with E-state index in [-0.39, 0.29) is 0 Å². The van der Waals surface area contributed by atoms with Gasteiger partial charge in [-0.15, -0.1) is 0 Å². The van der Waals surface area contributed by atoms with E-state index in [0.29, 0.717) is 14.7 Å². The van der Waals surface area contributed by atoms with Crippen molar-refractivity contribution in [3.05, 3.63) is 57.4 Å². The standard InChI is InChI=1S/C13H7F4I/c14-10-3-1-2-8(6-10)11-7-9(13(15,16)17)4-5-12(11)18/h1-7H. The molecule has 0 spiro atoms. The lowest BCUT2D eigenvalue weighted by Gasteiger charge is -2.11. The van der Waals surface area contributed by atoms with E-state index < -0.39 is 17.6 Å². The summed E-state index contributed by atoms with van der Waals surface area (Å²) in [4.78, 5) is 0. The van der Waals surface area contributed by atoms with E-state index in [4.69, 9.17) is 0 Å². The molecule has 18 heavy (non-hydrogen) atoms. The van der Waals surface area contributed by atoms with Gasteiger partial charge in [0, 0.05) is 3.57 Å². The Morgan fingerprint density at radius 1 is 0.944 bits per heavy atom. The molecule has 94 valence electrons. The van der Waals surface area contributed by atoms with Gasteiger partial charge < -0.3 is 0 Å². The normalized spacial score (nSPS) is 11.6.